The molecule has 1 aliphatic heterocycles. The highest BCUT2D eigenvalue weighted by Crippen LogP contribution is 2.32. The van der Waals surface area contributed by atoms with Crippen molar-refractivity contribution >= 4 is 33.0 Å². The summed E-state index contributed by atoms with van der Waals surface area (Å²) in [5, 5.41) is 0. The molecule has 1 aromatic heterocycles. The molecule has 82 valence electrons. The van der Waals surface area contributed by atoms with Crippen LogP contribution in [0.1, 0.15) is 28.6 Å². The molecule has 0 N–H and O–H groups in total. The molecule has 1 fully saturated rings. The first-order valence-electron chi connectivity index (χ1n) is 5.01. The molecule has 0 amide bonds. The van der Waals surface area contributed by atoms with Gasteiger partial charge in [-0.15, -0.1) is 11.3 Å². The van der Waals surface area contributed by atoms with Crippen molar-refractivity contribution < 1.29 is 9.53 Å². The first-order chi connectivity index (χ1) is 7.09. The molecule has 0 saturated carbocycles. The maximum Gasteiger partial charge on any atom is 0.178 e. The van der Waals surface area contributed by atoms with Crippen molar-refractivity contribution in [3.63, 3.8) is 0 Å². The monoisotopic (exact) mass is 288 g/mol. The molecule has 2 nitrogen and oxygen atoms in total. The molecule has 0 aromatic carbocycles. The van der Waals surface area contributed by atoms with Crippen LogP contribution in [0.2, 0.25) is 0 Å². The van der Waals surface area contributed by atoms with E-state index in [1.807, 2.05) is 19.9 Å². The highest BCUT2D eigenvalue weighted by Gasteiger charge is 2.32. The first-order valence-corrected chi connectivity index (χ1v) is 6.62. The number of thiophene rings is 1. The van der Waals surface area contributed by atoms with Crippen molar-refractivity contribution in [1.82, 2.24) is 0 Å². The summed E-state index contributed by atoms with van der Waals surface area (Å²) in [6.45, 7) is 4.69. The number of ether oxygens (including phenoxy) is 1. The summed E-state index contributed by atoms with van der Waals surface area (Å²) in [5.41, 5.74) is 1.13. The second-order valence-electron chi connectivity index (χ2n) is 3.90. The van der Waals surface area contributed by atoms with Crippen LogP contribution in [-0.4, -0.2) is 18.5 Å². The quantitative estimate of drug-likeness (QED) is 0.780. The fraction of sp³-hybridized carbons (Fsp3) is 0.545. The third kappa shape index (κ3) is 2.17. The summed E-state index contributed by atoms with van der Waals surface area (Å²) < 4.78 is 6.47. The number of rotatable bonds is 2. The number of ketones is 1. The molecule has 2 heterocycles. The molecule has 2 rings (SSSR count). The molecule has 1 saturated heterocycles. The van der Waals surface area contributed by atoms with Crippen molar-refractivity contribution in [1.29, 1.82) is 0 Å². The minimum absolute atomic E-state index is 0.0509. The lowest BCUT2D eigenvalue weighted by atomic mass is 9.96. The van der Waals surface area contributed by atoms with Gasteiger partial charge in [-0.2, -0.15) is 0 Å². The summed E-state index contributed by atoms with van der Waals surface area (Å²) >= 11 is 4.97. The lowest BCUT2D eigenvalue weighted by Gasteiger charge is -2.10. The second-order valence-corrected chi connectivity index (χ2v) is 6.27. The van der Waals surface area contributed by atoms with Gasteiger partial charge in [-0.3, -0.25) is 4.79 Å². The molecule has 15 heavy (non-hydrogen) atoms. The van der Waals surface area contributed by atoms with Crippen molar-refractivity contribution in [2.75, 3.05) is 6.61 Å². The van der Waals surface area contributed by atoms with E-state index in [0.717, 1.165) is 20.6 Å². The fourth-order valence-corrected chi connectivity index (χ4v) is 3.38. The van der Waals surface area contributed by atoms with E-state index >= 15 is 0 Å². The number of carbonyl (C=O) groups excluding carboxylic acids is 1. The fourth-order valence-electron chi connectivity index (χ4n) is 1.84. The lowest BCUT2D eigenvalue weighted by Crippen LogP contribution is -2.20. The Balaban J connectivity index is 2.20. The van der Waals surface area contributed by atoms with Crippen molar-refractivity contribution in [2.45, 2.75) is 26.4 Å². The van der Waals surface area contributed by atoms with Crippen molar-refractivity contribution in [3.8, 4) is 0 Å². The third-order valence-electron chi connectivity index (χ3n) is 2.81. The Morgan fingerprint density at radius 2 is 2.40 bits per heavy atom. The average molecular weight is 289 g/mol. The van der Waals surface area contributed by atoms with Gasteiger partial charge in [0.2, 0.25) is 0 Å². The Labute approximate surface area is 102 Å². The number of aryl methyl sites for hydroxylation is 1. The number of carbonyl (C=O) groups is 1. The van der Waals surface area contributed by atoms with Crippen LogP contribution in [0.4, 0.5) is 0 Å². The van der Waals surface area contributed by atoms with Gasteiger partial charge in [0.15, 0.2) is 5.78 Å². The highest BCUT2D eigenvalue weighted by molar-refractivity contribution is 9.11. The van der Waals surface area contributed by atoms with Crippen LogP contribution in [0.25, 0.3) is 0 Å². The van der Waals surface area contributed by atoms with Crippen LogP contribution >= 0.6 is 27.3 Å². The standard InChI is InChI=1S/C11H13BrO2S/c1-6-5-9(15-11(6)12)10(13)8-3-4-14-7(8)2/h5,7-8H,3-4H2,1-2H3. The average Bonchev–Trinajstić information content (AvgIpc) is 2.74. The van der Waals surface area contributed by atoms with Crippen LogP contribution in [0.5, 0.6) is 0 Å². The zero-order valence-electron chi connectivity index (χ0n) is 8.75. The van der Waals surface area contributed by atoms with Gasteiger partial charge < -0.3 is 4.74 Å². The molecule has 0 radical (unpaired) electrons. The van der Waals surface area contributed by atoms with E-state index in [0.29, 0.717) is 6.61 Å². The smallest absolute Gasteiger partial charge is 0.178 e. The summed E-state index contributed by atoms with van der Waals surface area (Å²) in [5.74, 6) is 0.286. The Bertz CT molecular complexity index is 366. The molecular formula is C11H13BrO2S. The zero-order valence-corrected chi connectivity index (χ0v) is 11.2. The third-order valence-corrected chi connectivity index (χ3v) is 4.96. The van der Waals surface area contributed by atoms with Gasteiger partial charge in [0.05, 0.1) is 20.7 Å². The number of hydrogen-bond acceptors (Lipinski definition) is 3. The molecule has 0 bridgehead atoms. The van der Waals surface area contributed by atoms with Crippen LogP contribution in [0, 0.1) is 12.8 Å². The highest BCUT2D eigenvalue weighted by atomic mass is 79.9. The summed E-state index contributed by atoms with van der Waals surface area (Å²) in [6, 6.07) is 1.96. The minimum Gasteiger partial charge on any atom is -0.378 e. The van der Waals surface area contributed by atoms with E-state index in [-0.39, 0.29) is 17.8 Å². The van der Waals surface area contributed by atoms with Gasteiger partial charge in [-0.25, -0.2) is 0 Å². The van der Waals surface area contributed by atoms with Gasteiger partial charge >= 0.3 is 0 Å². The predicted molar refractivity (Wildman–Crippen MR) is 64.6 cm³/mol. The van der Waals surface area contributed by atoms with Crippen LogP contribution in [0.15, 0.2) is 9.85 Å². The Morgan fingerprint density at radius 3 is 2.87 bits per heavy atom. The maximum atomic E-state index is 12.1. The molecule has 1 aromatic rings. The Hall–Kier alpha value is -0.190. The SMILES string of the molecule is Cc1cc(C(=O)C2CCOC2C)sc1Br. The van der Waals surface area contributed by atoms with Gasteiger partial charge in [-0.1, -0.05) is 0 Å². The molecule has 0 spiro atoms. The molecule has 2 unspecified atom stereocenters. The molecular weight excluding hydrogens is 276 g/mol. The van der Waals surface area contributed by atoms with E-state index in [2.05, 4.69) is 15.9 Å². The van der Waals surface area contributed by atoms with E-state index in [9.17, 15) is 4.79 Å². The van der Waals surface area contributed by atoms with Crippen LogP contribution < -0.4 is 0 Å². The van der Waals surface area contributed by atoms with E-state index < -0.39 is 0 Å². The van der Waals surface area contributed by atoms with Crippen LogP contribution in [-0.2, 0) is 4.74 Å². The number of Topliss-reactive ketones (excluding diaryl/α,β-unsaturated/α-hetero) is 1. The van der Waals surface area contributed by atoms with Gasteiger partial charge in [0.1, 0.15) is 0 Å². The van der Waals surface area contributed by atoms with Crippen molar-refractivity contribution in [2.24, 2.45) is 5.92 Å². The normalized spacial score (nSPS) is 25.8. The van der Waals surface area contributed by atoms with E-state index in [1.54, 1.807) is 0 Å². The summed E-state index contributed by atoms with van der Waals surface area (Å²) in [7, 11) is 0. The molecule has 1 aliphatic rings. The maximum absolute atomic E-state index is 12.1. The Morgan fingerprint density at radius 1 is 1.67 bits per heavy atom. The predicted octanol–water partition coefficient (Wildman–Crippen LogP) is 3.43. The van der Waals surface area contributed by atoms with Crippen LogP contribution in [0.3, 0.4) is 0 Å². The lowest BCUT2D eigenvalue weighted by molar-refractivity contribution is 0.0768. The van der Waals surface area contributed by atoms with Gasteiger partial charge in [0, 0.05) is 6.61 Å². The van der Waals surface area contributed by atoms with Gasteiger partial charge in [0.25, 0.3) is 0 Å². The minimum atomic E-state index is 0.0509. The van der Waals surface area contributed by atoms with E-state index in [4.69, 9.17) is 4.74 Å². The van der Waals surface area contributed by atoms with Crippen molar-refractivity contribution in [3.05, 3.63) is 20.3 Å². The van der Waals surface area contributed by atoms with Gasteiger partial charge in [-0.05, 0) is 47.8 Å². The van der Waals surface area contributed by atoms with E-state index in [1.165, 1.54) is 11.3 Å². The summed E-state index contributed by atoms with van der Waals surface area (Å²) in [6.07, 6.45) is 0.924. The largest absolute Gasteiger partial charge is 0.378 e. The topological polar surface area (TPSA) is 26.3 Å². The molecule has 2 atom stereocenters. The first kappa shape index (κ1) is 11.3. The molecule has 4 heteroatoms. The Kier molecular flexibility index (Phi) is 3.28. The zero-order chi connectivity index (χ0) is 11.0. The number of halogens is 1. The summed E-state index contributed by atoms with van der Waals surface area (Å²) in [4.78, 5) is 13.0. The molecule has 0 aliphatic carbocycles. The number of hydrogen-bond donors (Lipinski definition) is 0. The second kappa shape index (κ2) is 4.36.